The van der Waals surface area contributed by atoms with Gasteiger partial charge in [0.2, 0.25) is 0 Å². The first-order valence-corrected chi connectivity index (χ1v) is 6.54. The Hall–Kier alpha value is -0.590. The Kier molecular flexibility index (Phi) is 2.76. The van der Waals surface area contributed by atoms with E-state index >= 15 is 0 Å². The topological polar surface area (TPSA) is 17.1 Å². The van der Waals surface area contributed by atoms with Crippen LogP contribution in [0.1, 0.15) is 53.4 Å². The minimum absolute atomic E-state index is 0.158. The normalized spacial score (nSPS) is 42.1. The first kappa shape index (κ1) is 11.9. The maximum absolute atomic E-state index is 11.4. The van der Waals surface area contributed by atoms with Gasteiger partial charge in [-0.15, -0.1) is 0 Å². The van der Waals surface area contributed by atoms with Crippen LogP contribution >= 0.6 is 0 Å². The summed E-state index contributed by atoms with van der Waals surface area (Å²) in [5.74, 6) is 0.832. The summed E-state index contributed by atoms with van der Waals surface area (Å²) in [5.41, 5.74) is 1.90. The van der Waals surface area contributed by atoms with Gasteiger partial charge in [-0.1, -0.05) is 38.8 Å². The highest BCUT2D eigenvalue weighted by molar-refractivity contribution is 5.61. The Labute approximate surface area is 99.3 Å². The second-order valence-corrected chi connectivity index (χ2v) is 6.70. The van der Waals surface area contributed by atoms with Gasteiger partial charge in [-0.2, -0.15) is 0 Å². The molecule has 2 aliphatic rings. The zero-order chi connectivity index (χ0) is 12.0. The molecule has 3 atom stereocenters. The molecule has 0 aromatic heterocycles. The maximum Gasteiger partial charge on any atom is 0.127 e. The third-order valence-corrected chi connectivity index (χ3v) is 5.29. The van der Waals surface area contributed by atoms with E-state index in [1.807, 2.05) is 0 Å². The number of aldehydes is 1. The number of hydrogen-bond acceptors (Lipinski definition) is 1. The van der Waals surface area contributed by atoms with Gasteiger partial charge in [-0.25, -0.2) is 0 Å². The molecule has 90 valence electrons. The van der Waals surface area contributed by atoms with Crippen LogP contribution in [-0.4, -0.2) is 6.29 Å². The Morgan fingerprint density at radius 2 is 2.00 bits per heavy atom. The first-order chi connectivity index (χ1) is 7.42. The summed E-state index contributed by atoms with van der Waals surface area (Å²) in [6.45, 7) is 9.23. The average molecular weight is 220 g/mol. The highest BCUT2D eigenvalue weighted by Crippen LogP contribution is 2.58. The molecule has 0 amide bonds. The second-order valence-electron chi connectivity index (χ2n) is 6.70. The van der Waals surface area contributed by atoms with Crippen molar-refractivity contribution in [2.45, 2.75) is 53.4 Å². The van der Waals surface area contributed by atoms with Gasteiger partial charge in [0.15, 0.2) is 0 Å². The molecule has 0 N–H and O–H groups in total. The molecule has 0 heterocycles. The quantitative estimate of drug-likeness (QED) is 0.482. The van der Waals surface area contributed by atoms with Gasteiger partial charge in [0.1, 0.15) is 6.29 Å². The molecule has 16 heavy (non-hydrogen) atoms. The van der Waals surface area contributed by atoms with E-state index < -0.39 is 0 Å². The molecule has 1 heteroatoms. The number of carbonyl (C=O) groups is 1. The minimum atomic E-state index is 0.158. The largest absolute Gasteiger partial charge is 0.303 e. The van der Waals surface area contributed by atoms with Crippen LogP contribution in [0.3, 0.4) is 0 Å². The third-order valence-electron chi connectivity index (χ3n) is 5.29. The predicted molar refractivity (Wildman–Crippen MR) is 67.2 cm³/mol. The summed E-state index contributed by atoms with van der Waals surface area (Å²) in [6.07, 6.45) is 8.47. The zero-order valence-electron chi connectivity index (χ0n) is 11.0. The summed E-state index contributed by atoms with van der Waals surface area (Å²) in [7, 11) is 0. The van der Waals surface area contributed by atoms with Crippen LogP contribution in [0.25, 0.3) is 0 Å². The van der Waals surface area contributed by atoms with Crippen LogP contribution in [0, 0.1) is 22.7 Å². The van der Waals surface area contributed by atoms with E-state index in [4.69, 9.17) is 0 Å². The summed E-state index contributed by atoms with van der Waals surface area (Å²) in [6, 6.07) is 0. The van der Waals surface area contributed by atoms with Crippen molar-refractivity contribution in [3.63, 3.8) is 0 Å². The molecule has 2 rings (SSSR count). The second kappa shape index (κ2) is 3.72. The molecule has 1 fully saturated rings. The van der Waals surface area contributed by atoms with Crippen molar-refractivity contribution in [2.75, 3.05) is 0 Å². The lowest BCUT2D eigenvalue weighted by atomic mass is 9.49. The van der Waals surface area contributed by atoms with Crippen LogP contribution in [0.4, 0.5) is 0 Å². The summed E-state index contributed by atoms with van der Waals surface area (Å²) in [5, 5.41) is 0. The van der Waals surface area contributed by atoms with Crippen LogP contribution in [0.5, 0.6) is 0 Å². The molecule has 0 aromatic rings. The van der Waals surface area contributed by atoms with E-state index in [1.165, 1.54) is 37.5 Å². The SMILES string of the molecule is CC1=CC[C@@H]2C(C)(C)CCC[C@]2(C)[C@@H]1C=O. The Balaban J connectivity index is 2.42. The van der Waals surface area contributed by atoms with E-state index in [1.54, 1.807) is 0 Å². The van der Waals surface area contributed by atoms with Gasteiger partial charge >= 0.3 is 0 Å². The fourth-order valence-electron chi connectivity index (χ4n) is 4.34. The van der Waals surface area contributed by atoms with Gasteiger partial charge < -0.3 is 4.79 Å². The molecule has 1 saturated carbocycles. The van der Waals surface area contributed by atoms with Crippen molar-refractivity contribution in [2.24, 2.45) is 22.7 Å². The number of hydrogen-bond donors (Lipinski definition) is 0. The lowest BCUT2D eigenvalue weighted by molar-refractivity contribution is -0.119. The van der Waals surface area contributed by atoms with Gasteiger partial charge in [-0.3, -0.25) is 0 Å². The van der Waals surface area contributed by atoms with Crippen molar-refractivity contribution in [3.05, 3.63) is 11.6 Å². The number of allylic oxidation sites excluding steroid dienone is 2. The van der Waals surface area contributed by atoms with E-state index in [-0.39, 0.29) is 11.3 Å². The van der Waals surface area contributed by atoms with E-state index in [0.29, 0.717) is 11.3 Å². The van der Waals surface area contributed by atoms with Gasteiger partial charge in [-0.05, 0) is 42.9 Å². The van der Waals surface area contributed by atoms with Gasteiger partial charge in [0, 0.05) is 5.92 Å². The molecule has 0 radical (unpaired) electrons. The number of fused-ring (bicyclic) bond motifs is 1. The fourth-order valence-corrected chi connectivity index (χ4v) is 4.34. The predicted octanol–water partition coefficient (Wildman–Crippen LogP) is 3.98. The monoisotopic (exact) mass is 220 g/mol. The molecular formula is C15H24O. The Bertz CT molecular complexity index is 326. The first-order valence-electron chi connectivity index (χ1n) is 6.54. The van der Waals surface area contributed by atoms with Crippen molar-refractivity contribution in [1.82, 2.24) is 0 Å². The molecule has 0 aliphatic heterocycles. The van der Waals surface area contributed by atoms with E-state index in [9.17, 15) is 4.79 Å². The van der Waals surface area contributed by atoms with E-state index in [0.717, 1.165) is 0 Å². The maximum atomic E-state index is 11.4. The van der Waals surface area contributed by atoms with E-state index in [2.05, 4.69) is 33.8 Å². The lowest BCUT2D eigenvalue weighted by Crippen LogP contribution is -2.48. The number of rotatable bonds is 1. The molecule has 0 unspecified atom stereocenters. The molecule has 0 saturated heterocycles. The summed E-state index contributed by atoms with van der Waals surface area (Å²) < 4.78 is 0. The smallest absolute Gasteiger partial charge is 0.127 e. The molecule has 0 bridgehead atoms. The fraction of sp³-hybridized carbons (Fsp3) is 0.800. The lowest BCUT2D eigenvalue weighted by Gasteiger charge is -2.55. The van der Waals surface area contributed by atoms with Crippen LogP contribution in [0.2, 0.25) is 0 Å². The van der Waals surface area contributed by atoms with Crippen molar-refractivity contribution in [1.29, 1.82) is 0 Å². The minimum Gasteiger partial charge on any atom is -0.303 e. The summed E-state index contributed by atoms with van der Waals surface area (Å²) in [4.78, 5) is 11.4. The molecular weight excluding hydrogens is 196 g/mol. The Morgan fingerprint density at radius 1 is 1.31 bits per heavy atom. The van der Waals surface area contributed by atoms with Crippen molar-refractivity contribution >= 4 is 6.29 Å². The highest BCUT2D eigenvalue weighted by atomic mass is 16.1. The average Bonchev–Trinajstić information content (AvgIpc) is 2.15. The van der Waals surface area contributed by atoms with Crippen LogP contribution in [0.15, 0.2) is 11.6 Å². The standard InChI is InChI=1S/C15H24O/c1-11-6-7-13-14(2,3)8-5-9-15(13,4)12(11)10-16/h6,10,12-13H,5,7-9H2,1-4H3/t12-,13-,15-/m1/s1. The molecule has 1 nitrogen and oxygen atoms in total. The van der Waals surface area contributed by atoms with Crippen molar-refractivity contribution < 1.29 is 4.79 Å². The molecule has 0 spiro atoms. The number of carbonyl (C=O) groups excluding carboxylic acids is 1. The van der Waals surface area contributed by atoms with Crippen LogP contribution < -0.4 is 0 Å². The van der Waals surface area contributed by atoms with Crippen LogP contribution in [-0.2, 0) is 4.79 Å². The molecule has 0 aromatic carbocycles. The Morgan fingerprint density at radius 3 is 2.62 bits per heavy atom. The molecule has 2 aliphatic carbocycles. The zero-order valence-corrected chi connectivity index (χ0v) is 11.0. The third kappa shape index (κ3) is 1.56. The van der Waals surface area contributed by atoms with Gasteiger partial charge in [0.05, 0.1) is 0 Å². The summed E-state index contributed by atoms with van der Waals surface area (Å²) >= 11 is 0. The van der Waals surface area contributed by atoms with Gasteiger partial charge in [0.25, 0.3) is 0 Å². The highest BCUT2D eigenvalue weighted by Gasteiger charge is 2.51. The van der Waals surface area contributed by atoms with Crippen molar-refractivity contribution in [3.8, 4) is 0 Å².